The van der Waals surface area contributed by atoms with E-state index in [1.54, 1.807) is 20.0 Å². The van der Waals surface area contributed by atoms with Crippen LogP contribution in [0.5, 0.6) is 0 Å². The maximum Gasteiger partial charge on any atom is 0.348 e. The van der Waals surface area contributed by atoms with Crippen molar-refractivity contribution in [1.82, 2.24) is 19.8 Å². The lowest BCUT2D eigenvalue weighted by molar-refractivity contribution is -0.137. The number of hydrogen-bond acceptors (Lipinski definition) is 5. The van der Waals surface area contributed by atoms with Crippen LogP contribution in [0.1, 0.15) is 50.9 Å². The highest BCUT2D eigenvalue weighted by Crippen LogP contribution is 2.24. The van der Waals surface area contributed by atoms with Crippen LogP contribution in [0.2, 0.25) is 0 Å². The van der Waals surface area contributed by atoms with Gasteiger partial charge in [0.1, 0.15) is 11.7 Å². The number of rotatable bonds is 10. The monoisotopic (exact) mass is 410 g/mol. The third kappa shape index (κ3) is 6.62. The molecule has 0 aromatic carbocycles. The molecule has 1 aromatic rings. The first kappa shape index (κ1) is 23.0. The summed E-state index contributed by atoms with van der Waals surface area (Å²) in [5, 5.41) is 11.4. The van der Waals surface area contributed by atoms with E-state index in [9.17, 15) is 18.8 Å². The lowest BCUT2D eigenvalue weighted by Crippen LogP contribution is -2.57. The second kappa shape index (κ2) is 9.47. The van der Waals surface area contributed by atoms with Crippen molar-refractivity contribution in [3.63, 3.8) is 0 Å². The Hall–Kier alpha value is -2.29. The maximum atomic E-state index is 13.7. The number of aromatic nitrogens is 2. The Labute approximate surface area is 170 Å². The summed E-state index contributed by atoms with van der Waals surface area (Å²) in [6.07, 6.45) is 2.51. The van der Waals surface area contributed by atoms with Gasteiger partial charge in [0.05, 0.1) is 6.42 Å². The number of amides is 1. The van der Waals surface area contributed by atoms with E-state index in [1.807, 2.05) is 18.7 Å². The number of aliphatic carboxylic acids is 1. The van der Waals surface area contributed by atoms with Gasteiger partial charge >= 0.3 is 11.7 Å². The summed E-state index contributed by atoms with van der Waals surface area (Å²) >= 11 is 0. The Bertz CT molecular complexity index is 798. The van der Waals surface area contributed by atoms with E-state index in [2.05, 4.69) is 10.3 Å². The Kier molecular flexibility index (Phi) is 7.51. The van der Waals surface area contributed by atoms with Crippen LogP contribution >= 0.6 is 0 Å². The van der Waals surface area contributed by atoms with Gasteiger partial charge in [-0.2, -0.15) is 4.98 Å². The van der Waals surface area contributed by atoms with Crippen molar-refractivity contribution in [1.29, 1.82) is 0 Å². The summed E-state index contributed by atoms with van der Waals surface area (Å²) < 4.78 is 15.0. The number of alkyl halides is 1. The largest absolute Gasteiger partial charge is 0.481 e. The highest BCUT2D eigenvalue weighted by Gasteiger charge is 2.38. The number of nitrogens with one attached hydrogen (secondary N) is 1. The molecule has 162 valence electrons. The van der Waals surface area contributed by atoms with Crippen LogP contribution in [0.25, 0.3) is 0 Å². The van der Waals surface area contributed by atoms with Gasteiger partial charge in [-0.25, -0.2) is 9.18 Å². The molecule has 2 rings (SSSR count). The van der Waals surface area contributed by atoms with Gasteiger partial charge in [-0.15, -0.1) is 0 Å². The zero-order chi connectivity index (χ0) is 21.8. The van der Waals surface area contributed by atoms with Gasteiger partial charge in [-0.3, -0.25) is 19.1 Å². The van der Waals surface area contributed by atoms with E-state index in [1.165, 1.54) is 4.57 Å². The number of carboxylic acids is 1. The van der Waals surface area contributed by atoms with Gasteiger partial charge in [0, 0.05) is 38.1 Å². The van der Waals surface area contributed by atoms with Gasteiger partial charge in [0.25, 0.3) is 0 Å². The van der Waals surface area contributed by atoms with Crippen LogP contribution in [0.3, 0.4) is 0 Å². The van der Waals surface area contributed by atoms with Crippen molar-refractivity contribution < 1.29 is 19.1 Å². The van der Waals surface area contributed by atoms with Crippen LogP contribution < -0.4 is 11.0 Å². The first-order valence-electron chi connectivity index (χ1n) is 9.98. The fourth-order valence-corrected chi connectivity index (χ4v) is 3.58. The molecule has 9 heteroatoms. The normalized spacial score (nSPS) is 17.0. The average Bonchev–Trinajstić information content (AvgIpc) is 2.56. The average molecular weight is 410 g/mol. The number of carboxylic acid groups (broad SMARTS) is 1. The Morgan fingerprint density at radius 3 is 2.59 bits per heavy atom. The third-order valence-corrected chi connectivity index (χ3v) is 5.02. The molecule has 0 saturated carbocycles. The molecule has 0 radical (unpaired) electrons. The molecule has 1 aliphatic heterocycles. The number of nitrogens with zero attached hydrogens (tertiary/aromatic N) is 3. The van der Waals surface area contributed by atoms with Gasteiger partial charge in [0.2, 0.25) is 5.91 Å². The van der Waals surface area contributed by atoms with Crippen molar-refractivity contribution in [2.24, 2.45) is 5.92 Å². The molecule has 1 amide bonds. The molecule has 2 N–H and O–H groups in total. The standard InChI is InChI=1S/C20H31FN4O4/c1-13(2)9-16(18(28)22-7-5-17(26)27)25-10-15(14(3)23-19(25)29)6-8-24-11-20(4,21)12-24/h10,13,16H,5-9,11-12H2,1-4H3,(H,22,28)(H,26,27)/t16-/m0/s1. The summed E-state index contributed by atoms with van der Waals surface area (Å²) in [7, 11) is 0. The molecule has 29 heavy (non-hydrogen) atoms. The fourth-order valence-electron chi connectivity index (χ4n) is 3.58. The molecule has 1 aromatic heterocycles. The zero-order valence-electron chi connectivity index (χ0n) is 17.6. The smallest absolute Gasteiger partial charge is 0.348 e. The number of likely N-dealkylation sites (tertiary alicyclic amines) is 1. The van der Waals surface area contributed by atoms with Crippen LogP contribution in [0.15, 0.2) is 11.0 Å². The van der Waals surface area contributed by atoms with E-state index in [0.29, 0.717) is 38.2 Å². The minimum absolute atomic E-state index is 0.000613. The van der Waals surface area contributed by atoms with Gasteiger partial charge in [-0.1, -0.05) is 13.8 Å². The Balaban J connectivity index is 2.17. The molecule has 0 aliphatic carbocycles. The predicted octanol–water partition coefficient (Wildman–Crippen LogP) is 1.32. The second-order valence-corrected chi connectivity index (χ2v) is 8.50. The highest BCUT2D eigenvalue weighted by atomic mass is 19.1. The lowest BCUT2D eigenvalue weighted by Gasteiger charge is -2.42. The number of hydrogen-bond donors (Lipinski definition) is 2. The molecule has 1 aliphatic rings. The summed E-state index contributed by atoms with van der Waals surface area (Å²) in [6.45, 7) is 8.66. The van der Waals surface area contributed by atoms with Crippen molar-refractivity contribution in [3.05, 3.63) is 27.9 Å². The van der Waals surface area contributed by atoms with Gasteiger partial charge in [0.15, 0.2) is 0 Å². The number of aryl methyl sites for hydroxylation is 1. The summed E-state index contributed by atoms with van der Waals surface area (Å²) in [5.41, 5.74) is -0.207. The van der Waals surface area contributed by atoms with Gasteiger partial charge < -0.3 is 10.4 Å². The summed E-state index contributed by atoms with van der Waals surface area (Å²) in [5.74, 6) is -1.25. The third-order valence-electron chi connectivity index (χ3n) is 5.02. The van der Waals surface area contributed by atoms with E-state index in [4.69, 9.17) is 5.11 Å². The van der Waals surface area contributed by atoms with Crippen LogP contribution in [0.4, 0.5) is 4.39 Å². The summed E-state index contributed by atoms with van der Waals surface area (Å²) in [6, 6.07) is -0.763. The number of carbonyl (C=O) groups excluding carboxylic acids is 1. The Morgan fingerprint density at radius 1 is 1.38 bits per heavy atom. The van der Waals surface area contributed by atoms with E-state index in [-0.39, 0.29) is 18.9 Å². The molecule has 0 bridgehead atoms. The van der Waals surface area contributed by atoms with Gasteiger partial charge in [-0.05, 0) is 38.2 Å². The minimum atomic E-state index is -1.14. The SMILES string of the molecule is Cc1nc(=O)n([C@@H](CC(C)C)C(=O)NCCC(=O)O)cc1CCN1CC(C)(F)C1. The quantitative estimate of drug-likeness (QED) is 0.603. The van der Waals surface area contributed by atoms with Crippen molar-refractivity contribution in [2.45, 2.75) is 58.7 Å². The van der Waals surface area contributed by atoms with Crippen molar-refractivity contribution >= 4 is 11.9 Å². The first-order valence-corrected chi connectivity index (χ1v) is 9.98. The van der Waals surface area contributed by atoms with Crippen LogP contribution in [-0.2, 0) is 16.0 Å². The molecule has 2 heterocycles. The van der Waals surface area contributed by atoms with Crippen molar-refractivity contribution in [3.8, 4) is 0 Å². The molecule has 0 spiro atoms. The zero-order valence-corrected chi connectivity index (χ0v) is 17.6. The first-order chi connectivity index (χ1) is 13.5. The predicted molar refractivity (Wildman–Crippen MR) is 107 cm³/mol. The van der Waals surface area contributed by atoms with Crippen LogP contribution in [0, 0.1) is 12.8 Å². The molecule has 0 unspecified atom stereocenters. The topological polar surface area (TPSA) is 105 Å². The van der Waals surface area contributed by atoms with E-state index >= 15 is 0 Å². The van der Waals surface area contributed by atoms with Crippen molar-refractivity contribution in [2.75, 3.05) is 26.2 Å². The van der Waals surface area contributed by atoms with Crippen LogP contribution in [-0.4, -0.2) is 63.3 Å². The minimum Gasteiger partial charge on any atom is -0.481 e. The number of halogens is 1. The Morgan fingerprint density at radius 2 is 2.03 bits per heavy atom. The maximum absolute atomic E-state index is 13.7. The molecule has 1 fully saturated rings. The summed E-state index contributed by atoms with van der Waals surface area (Å²) in [4.78, 5) is 41.9. The highest BCUT2D eigenvalue weighted by molar-refractivity contribution is 5.80. The molecule has 1 saturated heterocycles. The van der Waals surface area contributed by atoms with E-state index in [0.717, 1.165) is 5.56 Å². The fraction of sp³-hybridized carbons (Fsp3) is 0.700. The lowest BCUT2D eigenvalue weighted by atomic mass is 9.98. The second-order valence-electron chi connectivity index (χ2n) is 8.50. The number of carbonyl (C=O) groups is 2. The molecular formula is C20H31FN4O4. The molecular weight excluding hydrogens is 379 g/mol. The molecule has 1 atom stereocenters. The van der Waals surface area contributed by atoms with E-state index < -0.39 is 29.3 Å². The molecule has 8 nitrogen and oxygen atoms in total.